The number of hydrogen-bond donors (Lipinski definition) is 5. The smallest absolute Gasteiger partial charge is 0.265 e. The van der Waals surface area contributed by atoms with Crippen LogP contribution in [0.25, 0.3) is 0 Å². The first-order valence-corrected chi connectivity index (χ1v) is 13.6. The van der Waals surface area contributed by atoms with Crippen molar-refractivity contribution in [3.8, 4) is 0 Å². The molecule has 0 atom stereocenters. The van der Waals surface area contributed by atoms with E-state index < -0.39 is 9.84 Å². The fourth-order valence-electron chi connectivity index (χ4n) is 3.04. The van der Waals surface area contributed by atoms with Gasteiger partial charge in [0.1, 0.15) is 4.99 Å². The molecule has 0 aliphatic rings. The molecule has 0 unspecified atom stereocenters. The third-order valence-electron chi connectivity index (χ3n) is 5.06. The highest BCUT2D eigenvalue weighted by Gasteiger charge is 2.16. The van der Waals surface area contributed by atoms with Crippen LogP contribution in [0.15, 0.2) is 101 Å². The lowest BCUT2D eigenvalue weighted by atomic mass is 10.2. The number of aromatic nitrogens is 2. The minimum Gasteiger partial charge on any atom is -0.399 e. The molecule has 0 saturated carbocycles. The molecule has 39 heavy (non-hydrogen) atoms. The van der Waals surface area contributed by atoms with Crippen molar-refractivity contribution in [1.29, 1.82) is 0 Å². The summed E-state index contributed by atoms with van der Waals surface area (Å²) in [5, 5.41) is 0. The molecule has 0 fully saturated rings. The lowest BCUT2D eigenvalue weighted by molar-refractivity contribution is 0.0953. The van der Waals surface area contributed by atoms with E-state index in [1.165, 1.54) is 36.7 Å². The summed E-state index contributed by atoms with van der Waals surface area (Å²) < 4.78 is 24.3. The summed E-state index contributed by atoms with van der Waals surface area (Å²) in [5.74, 6) is 4.58. The van der Waals surface area contributed by atoms with Crippen molar-refractivity contribution in [2.24, 2.45) is 11.6 Å². The largest absolute Gasteiger partial charge is 0.399 e. The first kappa shape index (κ1) is 30.8. The molecule has 204 valence electrons. The lowest BCUT2D eigenvalue weighted by Gasteiger charge is -2.05. The van der Waals surface area contributed by atoms with Crippen LogP contribution in [0.4, 0.5) is 11.4 Å². The summed E-state index contributed by atoms with van der Waals surface area (Å²) in [6.45, 7) is 2.12. The van der Waals surface area contributed by atoms with E-state index in [1.54, 1.807) is 42.6 Å². The van der Waals surface area contributed by atoms with Gasteiger partial charge in [0.2, 0.25) is 9.84 Å². The molecule has 4 aromatic rings. The Hall–Kier alpha value is -4.39. The topological polar surface area (TPSA) is 193 Å². The van der Waals surface area contributed by atoms with E-state index in [-0.39, 0.29) is 15.7 Å². The zero-order valence-corrected chi connectivity index (χ0v) is 23.0. The standard InChI is InChI=1S/C12H12N2O2S.C9H12N2S.C6H7N3O/c13-9-1-5-11(6-2-9)17(15,16)12-7-3-10(14)4-8-12;1-2-3-8-6-7(9(10)12)4-5-11-8;7-9-6(10)5-1-3-8-4-2-5/h1-8H,13-14H2;4-6H,2-3H2,1H3,(H2,10,12);1-4H,7H2,(H,9,10). The second kappa shape index (κ2) is 15.1. The quantitative estimate of drug-likeness (QED) is 0.0762. The number of nitrogens with two attached hydrogens (primary N) is 4. The highest BCUT2D eigenvalue weighted by molar-refractivity contribution is 7.91. The minimum absolute atomic E-state index is 0.219. The SMILES string of the molecule is CCCc1cc(C(N)=S)ccn1.NNC(=O)c1ccncc1.Nc1ccc(S(=O)(=O)c2ccc(N)cc2)cc1. The van der Waals surface area contributed by atoms with Gasteiger partial charge in [-0.3, -0.25) is 20.2 Å². The van der Waals surface area contributed by atoms with Crippen LogP contribution in [-0.4, -0.2) is 29.3 Å². The molecule has 0 spiro atoms. The van der Waals surface area contributed by atoms with Gasteiger partial charge < -0.3 is 17.2 Å². The van der Waals surface area contributed by atoms with Gasteiger partial charge in [0.25, 0.3) is 5.91 Å². The van der Waals surface area contributed by atoms with E-state index in [9.17, 15) is 13.2 Å². The number of carbonyl (C=O) groups is 1. The van der Waals surface area contributed by atoms with Gasteiger partial charge in [0.15, 0.2) is 0 Å². The highest BCUT2D eigenvalue weighted by atomic mass is 32.2. The molecular weight excluding hydrogens is 534 g/mol. The molecule has 9 N–H and O–H groups in total. The maximum Gasteiger partial charge on any atom is 0.265 e. The maximum atomic E-state index is 12.2. The first-order valence-electron chi connectivity index (χ1n) is 11.7. The van der Waals surface area contributed by atoms with Crippen LogP contribution in [0.2, 0.25) is 0 Å². The van der Waals surface area contributed by atoms with Gasteiger partial charge in [0.05, 0.1) is 9.79 Å². The van der Waals surface area contributed by atoms with Crippen LogP contribution in [0.5, 0.6) is 0 Å². The summed E-state index contributed by atoms with van der Waals surface area (Å²) in [5.41, 5.74) is 22.1. The normalized spacial score (nSPS) is 10.2. The summed E-state index contributed by atoms with van der Waals surface area (Å²) in [6.07, 6.45) is 6.89. The molecule has 0 radical (unpaired) electrons. The number of hydrogen-bond acceptors (Lipinski definition) is 9. The number of amides is 1. The molecule has 2 heterocycles. The van der Waals surface area contributed by atoms with Crippen molar-refractivity contribution in [1.82, 2.24) is 15.4 Å². The fraction of sp³-hybridized carbons (Fsp3) is 0.111. The van der Waals surface area contributed by atoms with Crippen LogP contribution in [0.1, 0.15) is 35.0 Å². The summed E-state index contributed by atoms with van der Waals surface area (Å²) in [4.78, 5) is 19.6. The Kier molecular flexibility index (Phi) is 12.0. The van der Waals surface area contributed by atoms with E-state index >= 15 is 0 Å². The number of nitrogens with zero attached hydrogens (tertiary/aromatic N) is 2. The van der Waals surface area contributed by atoms with Crippen LogP contribution in [0.3, 0.4) is 0 Å². The Morgan fingerprint density at radius 2 is 1.33 bits per heavy atom. The molecule has 0 saturated heterocycles. The van der Waals surface area contributed by atoms with E-state index in [0.29, 0.717) is 21.9 Å². The number of nitrogens with one attached hydrogen (secondary N) is 1. The number of anilines is 2. The Morgan fingerprint density at radius 3 is 1.77 bits per heavy atom. The van der Waals surface area contributed by atoms with Gasteiger partial charge in [-0.25, -0.2) is 14.3 Å². The monoisotopic (exact) mass is 565 g/mol. The van der Waals surface area contributed by atoms with Crippen LogP contribution >= 0.6 is 12.2 Å². The van der Waals surface area contributed by atoms with Crippen molar-refractivity contribution in [2.45, 2.75) is 29.6 Å². The molecule has 1 amide bonds. The molecular formula is C27H31N7O3S2. The number of nitrogen functional groups attached to an aromatic ring is 3. The number of hydrazine groups is 1. The predicted molar refractivity (Wildman–Crippen MR) is 157 cm³/mol. The zero-order chi connectivity index (χ0) is 28.8. The Morgan fingerprint density at radius 1 is 0.846 bits per heavy atom. The van der Waals surface area contributed by atoms with Crippen LogP contribution < -0.4 is 28.5 Å². The van der Waals surface area contributed by atoms with Gasteiger partial charge in [-0.2, -0.15) is 0 Å². The number of pyridine rings is 2. The van der Waals surface area contributed by atoms with Crippen molar-refractivity contribution >= 4 is 44.3 Å². The van der Waals surface area contributed by atoms with Gasteiger partial charge in [-0.15, -0.1) is 0 Å². The fourth-order valence-corrected chi connectivity index (χ4v) is 4.43. The molecule has 0 aliphatic carbocycles. The molecule has 2 aromatic carbocycles. The minimum atomic E-state index is -3.48. The predicted octanol–water partition coefficient (Wildman–Crippen LogP) is 3.04. The van der Waals surface area contributed by atoms with Crippen molar-refractivity contribution in [3.63, 3.8) is 0 Å². The summed E-state index contributed by atoms with van der Waals surface area (Å²) in [7, 11) is -3.48. The Balaban J connectivity index is 0.000000214. The Labute approximate surface area is 233 Å². The van der Waals surface area contributed by atoms with E-state index in [2.05, 4.69) is 16.9 Å². The second-order valence-corrected chi connectivity index (χ2v) is 10.4. The van der Waals surface area contributed by atoms with Gasteiger partial charge >= 0.3 is 0 Å². The van der Waals surface area contributed by atoms with Crippen molar-refractivity contribution < 1.29 is 13.2 Å². The van der Waals surface area contributed by atoms with Crippen molar-refractivity contribution in [2.75, 3.05) is 11.5 Å². The third kappa shape index (κ3) is 9.78. The van der Waals surface area contributed by atoms with Gasteiger partial charge in [0, 0.05) is 46.8 Å². The molecule has 2 aromatic heterocycles. The average molecular weight is 566 g/mol. The second-order valence-electron chi connectivity index (χ2n) is 8.00. The number of benzene rings is 2. The third-order valence-corrected chi connectivity index (χ3v) is 7.08. The number of carbonyl (C=O) groups excluding carboxylic acids is 1. The molecule has 4 rings (SSSR count). The van der Waals surface area contributed by atoms with Crippen LogP contribution in [-0.2, 0) is 16.3 Å². The number of thiocarbonyl (C=S) groups is 1. The van der Waals surface area contributed by atoms with Crippen LogP contribution in [0, 0.1) is 0 Å². The highest BCUT2D eigenvalue weighted by Crippen LogP contribution is 2.22. The lowest BCUT2D eigenvalue weighted by Crippen LogP contribution is -2.29. The summed E-state index contributed by atoms with van der Waals surface area (Å²) in [6, 6.07) is 19.1. The maximum absolute atomic E-state index is 12.2. The number of aryl methyl sites for hydroxylation is 1. The Bertz CT molecular complexity index is 1410. The molecule has 0 aliphatic heterocycles. The van der Waals surface area contributed by atoms with Crippen molar-refractivity contribution in [3.05, 3.63) is 108 Å². The first-order chi connectivity index (χ1) is 18.6. The van der Waals surface area contributed by atoms with E-state index in [0.717, 1.165) is 24.1 Å². The van der Waals surface area contributed by atoms with E-state index in [4.69, 9.17) is 35.3 Å². The molecule has 10 nitrogen and oxygen atoms in total. The zero-order valence-electron chi connectivity index (χ0n) is 21.3. The summed E-state index contributed by atoms with van der Waals surface area (Å²) >= 11 is 4.86. The number of rotatable bonds is 6. The average Bonchev–Trinajstić information content (AvgIpc) is 2.94. The number of sulfone groups is 1. The van der Waals surface area contributed by atoms with Gasteiger partial charge in [-0.1, -0.05) is 25.6 Å². The molecule has 12 heteroatoms. The van der Waals surface area contributed by atoms with E-state index in [1.807, 2.05) is 17.6 Å². The van der Waals surface area contributed by atoms with Gasteiger partial charge in [-0.05, 0) is 79.2 Å². The molecule has 0 bridgehead atoms.